The molecule has 6 N–H and O–H groups in total. The van der Waals surface area contributed by atoms with Crippen LogP contribution in [0.1, 0.15) is 134 Å². The van der Waals surface area contributed by atoms with E-state index in [9.17, 15) is 33.6 Å². The minimum atomic E-state index is -1.13. The smallest absolute Gasteiger partial charge is 0.408 e. The number of carbonyl (C=O) groups is 7. The van der Waals surface area contributed by atoms with E-state index in [-0.39, 0.29) is 43.5 Å². The van der Waals surface area contributed by atoms with E-state index in [1.54, 1.807) is 52.1 Å². The van der Waals surface area contributed by atoms with Crippen LogP contribution in [0.25, 0.3) is 0 Å². The van der Waals surface area contributed by atoms with E-state index < -0.39 is 83.2 Å². The fourth-order valence-electron chi connectivity index (χ4n) is 6.58. The first-order valence-electron chi connectivity index (χ1n) is 23.0. The van der Waals surface area contributed by atoms with Crippen molar-refractivity contribution in [1.29, 1.82) is 0 Å². The summed E-state index contributed by atoms with van der Waals surface area (Å²) in [5.74, 6) is -2.78. The van der Waals surface area contributed by atoms with Gasteiger partial charge >= 0.3 is 6.09 Å². The maximum Gasteiger partial charge on any atom is 0.408 e. The van der Waals surface area contributed by atoms with Gasteiger partial charge in [0.05, 0.1) is 43.6 Å². The molecule has 0 heterocycles. The number of amides is 6. The molecule has 65 heavy (non-hydrogen) atoms. The van der Waals surface area contributed by atoms with E-state index in [0.717, 1.165) is 5.56 Å². The Morgan fingerprint density at radius 2 is 1.23 bits per heavy atom. The Labute approximate surface area is 388 Å². The van der Waals surface area contributed by atoms with Gasteiger partial charge in [0, 0.05) is 31.9 Å². The third-order valence-corrected chi connectivity index (χ3v) is 10.7. The SMILES string of the molecule is CCC(C)(CC)C(=O)C(CCCCNC(=O)CCOC(C)(C)COC(C)(C)COC)NC(=O)CNC(=O)C(Cc1ccccc1)NC(=O)C(CC(C)C)NC(=O)CNC(=O)OC(C)(C)C. The summed E-state index contributed by atoms with van der Waals surface area (Å²) in [6.07, 6.45) is 2.25. The Bertz CT molecular complexity index is 1660. The lowest BCUT2D eigenvalue weighted by molar-refractivity contribution is -0.140. The largest absolute Gasteiger partial charge is 0.444 e. The Hall–Kier alpha value is -4.61. The maximum absolute atomic E-state index is 13.9. The molecule has 0 aliphatic carbocycles. The minimum Gasteiger partial charge on any atom is -0.444 e. The number of alkyl carbamates (subject to hydrolysis) is 1. The zero-order valence-corrected chi connectivity index (χ0v) is 41.6. The van der Waals surface area contributed by atoms with Crippen molar-refractivity contribution in [2.24, 2.45) is 11.3 Å². The molecule has 1 aromatic carbocycles. The van der Waals surface area contributed by atoms with E-state index in [1.807, 2.05) is 68.4 Å². The zero-order chi connectivity index (χ0) is 49.4. The summed E-state index contributed by atoms with van der Waals surface area (Å²) in [5, 5.41) is 16.2. The molecular formula is C48H82N6O11. The summed E-state index contributed by atoms with van der Waals surface area (Å²) >= 11 is 0. The first kappa shape index (κ1) is 58.4. The van der Waals surface area contributed by atoms with Crippen LogP contribution in [0.4, 0.5) is 4.79 Å². The van der Waals surface area contributed by atoms with Crippen molar-refractivity contribution in [2.75, 3.05) is 46.6 Å². The van der Waals surface area contributed by atoms with Crippen LogP contribution in [0, 0.1) is 11.3 Å². The zero-order valence-electron chi connectivity index (χ0n) is 41.6. The molecule has 17 heteroatoms. The van der Waals surface area contributed by atoms with Crippen LogP contribution < -0.4 is 31.9 Å². The predicted molar refractivity (Wildman–Crippen MR) is 250 cm³/mol. The van der Waals surface area contributed by atoms with Gasteiger partial charge in [0.25, 0.3) is 0 Å². The monoisotopic (exact) mass is 919 g/mol. The van der Waals surface area contributed by atoms with Crippen molar-refractivity contribution < 1.29 is 52.5 Å². The van der Waals surface area contributed by atoms with Gasteiger partial charge in [-0.05, 0) is 98.5 Å². The molecule has 1 rings (SSSR count). The first-order valence-corrected chi connectivity index (χ1v) is 23.0. The van der Waals surface area contributed by atoms with Crippen molar-refractivity contribution in [1.82, 2.24) is 31.9 Å². The number of Topliss-reactive ketones (excluding diaryl/α,β-unsaturated/α-hetero) is 1. The number of ketones is 1. The second-order valence-corrected chi connectivity index (χ2v) is 19.5. The number of nitrogens with one attached hydrogen (secondary N) is 6. The van der Waals surface area contributed by atoms with Crippen LogP contribution in [-0.4, -0.2) is 123 Å². The van der Waals surface area contributed by atoms with Crippen molar-refractivity contribution >= 4 is 41.4 Å². The van der Waals surface area contributed by atoms with Crippen LogP contribution in [0.5, 0.6) is 0 Å². The van der Waals surface area contributed by atoms with Gasteiger partial charge < -0.3 is 50.8 Å². The van der Waals surface area contributed by atoms with Crippen LogP contribution in [0.2, 0.25) is 0 Å². The second-order valence-electron chi connectivity index (χ2n) is 19.5. The summed E-state index contributed by atoms with van der Waals surface area (Å²) in [4.78, 5) is 92.3. The number of hydrogen-bond acceptors (Lipinski definition) is 11. The molecule has 0 bridgehead atoms. The van der Waals surface area contributed by atoms with Crippen molar-refractivity contribution in [3.63, 3.8) is 0 Å². The molecule has 3 unspecified atom stereocenters. The highest BCUT2D eigenvalue weighted by Gasteiger charge is 2.36. The third kappa shape index (κ3) is 25.0. The molecule has 0 aromatic heterocycles. The Morgan fingerprint density at radius 1 is 0.646 bits per heavy atom. The van der Waals surface area contributed by atoms with Gasteiger partial charge in [0.2, 0.25) is 29.5 Å². The van der Waals surface area contributed by atoms with Crippen LogP contribution in [0.15, 0.2) is 30.3 Å². The molecular weight excluding hydrogens is 837 g/mol. The molecule has 0 aliphatic heterocycles. The lowest BCUT2D eigenvalue weighted by atomic mass is 9.76. The topological polar surface area (TPSA) is 229 Å². The van der Waals surface area contributed by atoms with E-state index in [4.69, 9.17) is 18.9 Å². The van der Waals surface area contributed by atoms with Gasteiger partial charge in [-0.15, -0.1) is 0 Å². The van der Waals surface area contributed by atoms with Crippen LogP contribution in [0.3, 0.4) is 0 Å². The van der Waals surface area contributed by atoms with Crippen molar-refractivity contribution in [3.8, 4) is 0 Å². The third-order valence-electron chi connectivity index (χ3n) is 10.7. The highest BCUT2D eigenvalue weighted by atomic mass is 16.6. The standard InChI is InChI=1S/C48H82N6O11/c1-14-48(12,15-2)41(58)35(23-19-20-25-49-38(55)24-26-63-47(10,11)32-64-46(8,9)31-62-13)52-39(56)29-50-42(59)37(28-34-21-17-16-18-22-34)54-43(60)36(27-33(3)4)53-40(57)30-51-44(61)65-45(5,6)7/h16-18,21-22,33,35-37H,14-15,19-20,23-32H2,1-13H3,(H,49,55)(H,50,59)(H,51,61)(H,52,56)(H,53,57)(H,54,60). The highest BCUT2D eigenvalue weighted by molar-refractivity contribution is 5.96. The fourth-order valence-corrected chi connectivity index (χ4v) is 6.58. The summed E-state index contributed by atoms with van der Waals surface area (Å²) in [7, 11) is 1.62. The number of benzene rings is 1. The van der Waals surface area contributed by atoms with Crippen molar-refractivity contribution in [2.45, 2.75) is 169 Å². The van der Waals surface area contributed by atoms with E-state index in [2.05, 4.69) is 31.9 Å². The molecule has 17 nitrogen and oxygen atoms in total. The van der Waals surface area contributed by atoms with Gasteiger partial charge in [-0.25, -0.2) is 4.79 Å². The number of ether oxygens (including phenoxy) is 4. The molecule has 3 atom stereocenters. The summed E-state index contributed by atoms with van der Waals surface area (Å²) in [6, 6.07) is 6.00. The fraction of sp³-hybridized carbons (Fsp3) is 0.729. The molecule has 0 radical (unpaired) electrons. The molecule has 0 aliphatic rings. The number of methoxy groups -OCH3 is 1. The lowest BCUT2D eigenvalue weighted by Crippen LogP contribution is -2.56. The molecule has 6 amide bonds. The Balaban J connectivity index is 2.94. The van der Waals surface area contributed by atoms with Gasteiger partial charge in [-0.2, -0.15) is 0 Å². The molecule has 0 saturated carbocycles. The number of hydrogen-bond donors (Lipinski definition) is 6. The highest BCUT2D eigenvalue weighted by Crippen LogP contribution is 2.29. The maximum atomic E-state index is 13.9. The lowest BCUT2D eigenvalue weighted by Gasteiger charge is -2.31. The predicted octanol–water partition coefficient (Wildman–Crippen LogP) is 4.68. The first-order chi connectivity index (χ1) is 30.2. The van der Waals surface area contributed by atoms with Crippen LogP contribution in [-0.2, 0) is 54.1 Å². The molecule has 0 spiro atoms. The van der Waals surface area contributed by atoms with E-state index in [0.29, 0.717) is 51.9 Å². The van der Waals surface area contributed by atoms with E-state index >= 15 is 0 Å². The van der Waals surface area contributed by atoms with Gasteiger partial charge in [0.15, 0.2) is 5.78 Å². The van der Waals surface area contributed by atoms with Crippen LogP contribution >= 0.6 is 0 Å². The van der Waals surface area contributed by atoms with Crippen molar-refractivity contribution in [3.05, 3.63) is 35.9 Å². The normalized spacial score (nSPS) is 13.5. The van der Waals surface area contributed by atoms with E-state index in [1.165, 1.54) is 0 Å². The molecule has 370 valence electrons. The summed E-state index contributed by atoms with van der Waals surface area (Å²) in [5.41, 5.74) is -1.79. The number of carbonyl (C=O) groups excluding carboxylic acids is 7. The number of rotatable bonds is 31. The average Bonchev–Trinajstić information content (AvgIpc) is 3.22. The Morgan fingerprint density at radius 3 is 1.80 bits per heavy atom. The molecule has 0 fully saturated rings. The summed E-state index contributed by atoms with van der Waals surface area (Å²) < 4.78 is 22.2. The minimum absolute atomic E-state index is 0.0271. The van der Waals surface area contributed by atoms with Gasteiger partial charge in [-0.1, -0.05) is 65.0 Å². The van der Waals surface area contributed by atoms with Gasteiger partial charge in [0.1, 0.15) is 24.2 Å². The summed E-state index contributed by atoms with van der Waals surface area (Å²) in [6.45, 7) is 22.7. The quantitative estimate of drug-likeness (QED) is 0.0561. The number of unbranched alkanes of at least 4 members (excludes halogenated alkanes) is 1. The Kier molecular flexibility index (Phi) is 25.5. The molecule has 1 aromatic rings. The second kappa shape index (κ2) is 28.4. The van der Waals surface area contributed by atoms with Gasteiger partial charge in [-0.3, -0.25) is 28.8 Å². The molecule has 0 saturated heterocycles. The average molecular weight is 919 g/mol.